The smallest absolute Gasteiger partial charge is 0.258 e. The van der Waals surface area contributed by atoms with Crippen molar-refractivity contribution < 1.29 is 9.53 Å². The maximum absolute atomic E-state index is 13.2. The molecular weight excluding hydrogens is 372 g/mol. The maximum Gasteiger partial charge on any atom is 0.258 e. The number of halogens is 1. The number of pyridine rings is 1. The standard InChI is InChI=1S/C23H23ClN2O2/c1-3-26(16-9-11-17(12-10-16)28-4-2)23(27)15-8-13-19-21(14-15)25-20-7-5-6-18(20)22(19)24/h8-14H,3-7H2,1-2H3. The second-order valence-electron chi connectivity index (χ2n) is 6.91. The van der Waals surface area contributed by atoms with E-state index in [0.717, 1.165) is 57.9 Å². The van der Waals surface area contributed by atoms with Gasteiger partial charge in [-0.15, -0.1) is 0 Å². The minimum absolute atomic E-state index is 0.0491. The molecular formula is C23H23ClN2O2. The minimum Gasteiger partial charge on any atom is -0.494 e. The fourth-order valence-electron chi connectivity index (χ4n) is 3.83. The first-order chi connectivity index (χ1) is 13.6. The number of rotatable bonds is 5. The van der Waals surface area contributed by atoms with Crippen LogP contribution in [0.15, 0.2) is 42.5 Å². The Kier molecular flexibility index (Phi) is 5.23. The summed E-state index contributed by atoms with van der Waals surface area (Å²) >= 11 is 6.60. The van der Waals surface area contributed by atoms with Gasteiger partial charge in [0.25, 0.3) is 5.91 Å². The lowest BCUT2D eigenvalue weighted by Gasteiger charge is -2.21. The van der Waals surface area contributed by atoms with E-state index < -0.39 is 0 Å². The van der Waals surface area contributed by atoms with Crippen LogP contribution < -0.4 is 9.64 Å². The van der Waals surface area contributed by atoms with E-state index in [1.165, 1.54) is 0 Å². The molecule has 0 atom stereocenters. The Balaban J connectivity index is 1.67. The lowest BCUT2D eigenvalue weighted by atomic mass is 10.1. The van der Waals surface area contributed by atoms with Crippen LogP contribution >= 0.6 is 11.6 Å². The number of aromatic nitrogens is 1. The number of aryl methyl sites for hydroxylation is 1. The van der Waals surface area contributed by atoms with Gasteiger partial charge in [-0.05, 0) is 75.1 Å². The highest BCUT2D eigenvalue weighted by Gasteiger charge is 2.21. The molecule has 0 aliphatic heterocycles. The number of nitrogens with zero attached hydrogens (tertiary/aromatic N) is 2. The molecule has 1 heterocycles. The van der Waals surface area contributed by atoms with Gasteiger partial charge in [0.1, 0.15) is 5.75 Å². The van der Waals surface area contributed by atoms with Crippen molar-refractivity contribution in [3.05, 3.63) is 64.3 Å². The molecule has 1 aliphatic carbocycles. The Morgan fingerprint density at radius 2 is 1.93 bits per heavy atom. The number of carbonyl (C=O) groups is 1. The number of anilines is 1. The average Bonchev–Trinajstić information content (AvgIpc) is 3.18. The molecule has 0 N–H and O–H groups in total. The monoisotopic (exact) mass is 394 g/mol. The van der Waals surface area contributed by atoms with Gasteiger partial charge in [-0.2, -0.15) is 0 Å². The number of hydrogen-bond acceptors (Lipinski definition) is 3. The lowest BCUT2D eigenvalue weighted by Crippen LogP contribution is -2.30. The number of benzene rings is 2. The fourth-order valence-corrected chi connectivity index (χ4v) is 4.19. The Bertz CT molecular complexity index is 1030. The highest BCUT2D eigenvalue weighted by atomic mass is 35.5. The molecule has 0 saturated heterocycles. The molecule has 28 heavy (non-hydrogen) atoms. The van der Waals surface area contributed by atoms with Crippen molar-refractivity contribution >= 4 is 34.1 Å². The van der Waals surface area contributed by atoms with Gasteiger partial charge < -0.3 is 9.64 Å². The van der Waals surface area contributed by atoms with E-state index in [1.54, 1.807) is 4.90 Å². The number of carbonyl (C=O) groups excluding carboxylic acids is 1. The molecule has 3 aromatic rings. The third kappa shape index (κ3) is 3.33. The minimum atomic E-state index is -0.0491. The summed E-state index contributed by atoms with van der Waals surface area (Å²) in [5.41, 5.74) is 4.48. The van der Waals surface area contributed by atoms with Gasteiger partial charge in [-0.3, -0.25) is 9.78 Å². The highest BCUT2D eigenvalue weighted by Crippen LogP contribution is 2.34. The van der Waals surface area contributed by atoms with Crippen molar-refractivity contribution in [3.8, 4) is 5.75 Å². The van der Waals surface area contributed by atoms with Gasteiger partial charge in [0.05, 0.1) is 17.1 Å². The molecule has 0 unspecified atom stereocenters. The molecule has 1 aromatic heterocycles. The van der Waals surface area contributed by atoms with Crippen LogP contribution in [0, 0.1) is 0 Å². The van der Waals surface area contributed by atoms with Gasteiger partial charge in [-0.25, -0.2) is 0 Å². The molecule has 144 valence electrons. The third-order valence-corrected chi connectivity index (χ3v) is 5.64. The van der Waals surface area contributed by atoms with Crippen molar-refractivity contribution in [2.75, 3.05) is 18.1 Å². The summed E-state index contributed by atoms with van der Waals surface area (Å²) in [5, 5.41) is 1.71. The van der Waals surface area contributed by atoms with Crippen LogP contribution in [0.5, 0.6) is 5.75 Å². The Labute approximate surface area is 170 Å². The number of amides is 1. The number of ether oxygens (including phenoxy) is 1. The summed E-state index contributed by atoms with van der Waals surface area (Å²) in [6.45, 7) is 5.11. The van der Waals surface area contributed by atoms with Crippen LogP contribution in [0.1, 0.15) is 41.9 Å². The normalized spacial score (nSPS) is 12.8. The Morgan fingerprint density at radius 3 is 2.64 bits per heavy atom. The van der Waals surface area contributed by atoms with Crippen LogP contribution in [0.4, 0.5) is 5.69 Å². The topological polar surface area (TPSA) is 42.4 Å². The maximum atomic E-state index is 13.2. The average molecular weight is 395 g/mol. The van der Waals surface area contributed by atoms with E-state index >= 15 is 0 Å². The van der Waals surface area contributed by atoms with Gasteiger partial charge in [0, 0.05) is 28.9 Å². The molecule has 1 amide bonds. The van der Waals surface area contributed by atoms with Crippen molar-refractivity contribution in [2.24, 2.45) is 0 Å². The molecule has 0 radical (unpaired) electrons. The van der Waals surface area contributed by atoms with Gasteiger partial charge in [-0.1, -0.05) is 17.7 Å². The quantitative estimate of drug-likeness (QED) is 0.578. The van der Waals surface area contributed by atoms with Crippen molar-refractivity contribution in [1.29, 1.82) is 0 Å². The second-order valence-corrected chi connectivity index (χ2v) is 7.29. The molecule has 0 bridgehead atoms. The van der Waals surface area contributed by atoms with Crippen molar-refractivity contribution in [3.63, 3.8) is 0 Å². The van der Waals surface area contributed by atoms with Crippen LogP contribution in [0.25, 0.3) is 10.9 Å². The first kappa shape index (κ1) is 18.8. The van der Waals surface area contributed by atoms with Crippen molar-refractivity contribution in [1.82, 2.24) is 4.98 Å². The van der Waals surface area contributed by atoms with E-state index in [0.29, 0.717) is 18.7 Å². The molecule has 0 spiro atoms. The molecule has 4 rings (SSSR count). The molecule has 0 saturated carbocycles. The fraction of sp³-hybridized carbons (Fsp3) is 0.304. The largest absolute Gasteiger partial charge is 0.494 e. The van der Waals surface area contributed by atoms with Gasteiger partial charge in [0.15, 0.2) is 0 Å². The SMILES string of the molecule is CCOc1ccc(N(CC)C(=O)c2ccc3c(Cl)c4c(nc3c2)CCC4)cc1. The second kappa shape index (κ2) is 7.80. The summed E-state index contributed by atoms with van der Waals surface area (Å²) in [6.07, 6.45) is 3.03. The predicted molar refractivity (Wildman–Crippen MR) is 114 cm³/mol. The zero-order valence-corrected chi connectivity index (χ0v) is 16.9. The van der Waals surface area contributed by atoms with Gasteiger partial charge >= 0.3 is 0 Å². The first-order valence-corrected chi connectivity index (χ1v) is 10.2. The van der Waals surface area contributed by atoms with Crippen molar-refractivity contribution in [2.45, 2.75) is 33.1 Å². The highest BCUT2D eigenvalue weighted by molar-refractivity contribution is 6.36. The summed E-state index contributed by atoms with van der Waals surface area (Å²) < 4.78 is 5.49. The summed E-state index contributed by atoms with van der Waals surface area (Å²) in [5.74, 6) is 0.750. The molecule has 1 aliphatic rings. The number of fused-ring (bicyclic) bond motifs is 2. The number of hydrogen-bond donors (Lipinski definition) is 0. The van der Waals surface area contributed by atoms with E-state index in [9.17, 15) is 4.79 Å². The van der Waals surface area contributed by atoms with Gasteiger partial charge in [0.2, 0.25) is 0 Å². The van der Waals surface area contributed by atoms with Crippen LogP contribution in [0.2, 0.25) is 5.02 Å². The zero-order chi connectivity index (χ0) is 19.7. The Hall–Kier alpha value is -2.59. The van der Waals surface area contributed by atoms with E-state index in [4.69, 9.17) is 21.3 Å². The summed E-state index contributed by atoms with van der Waals surface area (Å²) in [6, 6.07) is 13.2. The third-order valence-electron chi connectivity index (χ3n) is 5.21. The summed E-state index contributed by atoms with van der Waals surface area (Å²) in [7, 11) is 0. The molecule has 2 aromatic carbocycles. The van der Waals surface area contributed by atoms with E-state index in [-0.39, 0.29) is 5.91 Å². The van der Waals surface area contributed by atoms with E-state index in [1.807, 2.05) is 56.3 Å². The zero-order valence-electron chi connectivity index (χ0n) is 16.2. The first-order valence-electron chi connectivity index (χ1n) is 9.78. The van der Waals surface area contributed by atoms with Crippen LogP contribution in [-0.2, 0) is 12.8 Å². The molecule has 4 nitrogen and oxygen atoms in total. The molecule has 5 heteroatoms. The van der Waals surface area contributed by atoms with Crippen LogP contribution in [0.3, 0.4) is 0 Å². The predicted octanol–water partition coefficient (Wildman–Crippen LogP) is 5.44. The van der Waals surface area contributed by atoms with Crippen LogP contribution in [-0.4, -0.2) is 24.0 Å². The lowest BCUT2D eigenvalue weighted by molar-refractivity contribution is 0.0988. The van der Waals surface area contributed by atoms with E-state index in [2.05, 4.69) is 0 Å². The summed E-state index contributed by atoms with van der Waals surface area (Å²) in [4.78, 5) is 19.7. The Morgan fingerprint density at radius 1 is 1.14 bits per heavy atom. The molecule has 0 fully saturated rings.